The number of aliphatic imine (C=N–C) groups is 1. The third-order valence-electron chi connectivity index (χ3n) is 5.19. The maximum atomic E-state index is 12.9. The molecule has 4 nitrogen and oxygen atoms in total. The normalized spacial score (nSPS) is 20.7. The minimum absolute atomic E-state index is 0.212. The molecule has 0 N–H and O–H groups in total. The predicted octanol–water partition coefficient (Wildman–Crippen LogP) is 5.26. The molecule has 2 aliphatic heterocycles. The van der Waals surface area contributed by atoms with Gasteiger partial charge in [-0.15, -0.1) is 0 Å². The summed E-state index contributed by atoms with van der Waals surface area (Å²) in [4.78, 5) is 19.5. The van der Waals surface area contributed by atoms with Gasteiger partial charge >= 0.3 is 6.09 Å². The van der Waals surface area contributed by atoms with Crippen LogP contribution in [0.1, 0.15) is 22.8 Å². The molecule has 2 aliphatic rings. The van der Waals surface area contributed by atoms with Gasteiger partial charge < -0.3 is 4.74 Å². The molecule has 0 radical (unpaired) electrons. The molecule has 0 aliphatic carbocycles. The van der Waals surface area contributed by atoms with Crippen LogP contribution in [0.4, 0.5) is 10.5 Å². The van der Waals surface area contributed by atoms with Gasteiger partial charge in [0.1, 0.15) is 6.04 Å². The van der Waals surface area contributed by atoms with Crippen LogP contribution in [0.5, 0.6) is 0 Å². The number of amides is 1. The number of ether oxygens (including phenoxy) is 1. The standard InChI is InChI=1S/C23H17ClN2O2/c24-17-11-12-19-18(13-17)21(15-7-3-1-4-8-15)25-14-20-22(28-23(27)26(19)20)16-9-5-2-6-10-16/h1-13,20,22H,14H2/t20-,22-/m0/s1. The number of carbonyl (C=O) groups is 1. The van der Waals surface area contributed by atoms with Crippen LogP contribution in [0, 0.1) is 0 Å². The van der Waals surface area contributed by atoms with E-state index in [1.54, 1.807) is 11.0 Å². The van der Waals surface area contributed by atoms with Gasteiger partial charge in [0.2, 0.25) is 0 Å². The lowest BCUT2D eigenvalue weighted by Crippen LogP contribution is -2.36. The van der Waals surface area contributed by atoms with E-state index in [4.69, 9.17) is 21.3 Å². The van der Waals surface area contributed by atoms with Crippen molar-refractivity contribution >= 4 is 29.1 Å². The number of anilines is 1. The number of hydrogen-bond acceptors (Lipinski definition) is 3. The highest BCUT2D eigenvalue weighted by Gasteiger charge is 2.45. The molecular weight excluding hydrogens is 372 g/mol. The fraction of sp³-hybridized carbons (Fsp3) is 0.130. The Kier molecular flexibility index (Phi) is 4.14. The molecule has 138 valence electrons. The average molecular weight is 389 g/mol. The van der Waals surface area contributed by atoms with Gasteiger partial charge in [-0.2, -0.15) is 0 Å². The zero-order chi connectivity index (χ0) is 19.1. The first-order valence-corrected chi connectivity index (χ1v) is 9.55. The second-order valence-electron chi connectivity index (χ2n) is 6.87. The molecule has 0 aromatic heterocycles. The van der Waals surface area contributed by atoms with E-state index in [1.165, 1.54) is 0 Å². The fourth-order valence-corrected chi connectivity index (χ4v) is 4.09. The van der Waals surface area contributed by atoms with Crippen molar-refractivity contribution in [2.75, 3.05) is 11.4 Å². The molecule has 5 rings (SSSR count). The Labute approximate surface area is 168 Å². The lowest BCUT2D eigenvalue weighted by atomic mass is 9.99. The van der Waals surface area contributed by atoms with Gasteiger partial charge in [-0.3, -0.25) is 9.89 Å². The van der Waals surface area contributed by atoms with Gasteiger partial charge in [0.25, 0.3) is 0 Å². The van der Waals surface area contributed by atoms with E-state index in [0.29, 0.717) is 11.6 Å². The average Bonchev–Trinajstić information content (AvgIpc) is 2.96. The number of fused-ring (bicyclic) bond motifs is 3. The molecule has 0 spiro atoms. The quantitative estimate of drug-likeness (QED) is 0.601. The zero-order valence-corrected chi connectivity index (χ0v) is 15.7. The fourth-order valence-electron chi connectivity index (χ4n) is 3.92. The molecule has 0 bridgehead atoms. The topological polar surface area (TPSA) is 41.9 Å². The Balaban J connectivity index is 1.67. The van der Waals surface area contributed by atoms with Crippen molar-refractivity contribution in [2.24, 2.45) is 4.99 Å². The zero-order valence-electron chi connectivity index (χ0n) is 15.0. The molecule has 1 amide bonds. The van der Waals surface area contributed by atoms with E-state index in [0.717, 1.165) is 28.1 Å². The molecule has 1 fully saturated rings. The number of nitrogens with zero attached hydrogens (tertiary/aromatic N) is 2. The maximum Gasteiger partial charge on any atom is 0.415 e. The molecule has 28 heavy (non-hydrogen) atoms. The Bertz CT molecular complexity index is 1070. The van der Waals surface area contributed by atoms with Gasteiger partial charge in [0.15, 0.2) is 6.10 Å². The minimum atomic E-state index is -0.365. The van der Waals surface area contributed by atoms with E-state index < -0.39 is 0 Å². The first kappa shape index (κ1) is 17.0. The first-order chi connectivity index (χ1) is 13.7. The van der Waals surface area contributed by atoms with Gasteiger partial charge in [0.05, 0.1) is 17.9 Å². The monoisotopic (exact) mass is 388 g/mol. The van der Waals surface area contributed by atoms with E-state index in [1.807, 2.05) is 72.8 Å². The Morgan fingerprint density at radius 2 is 1.68 bits per heavy atom. The summed E-state index contributed by atoms with van der Waals surface area (Å²) in [5.74, 6) is 0. The molecule has 0 unspecified atom stereocenters. The highest BCUT2D eigenvalue weighted by Crippen LogP contribution is 2.40. The Hall–Kier alpha value is -3.11. The number of hydrogen-bond donors (Lipinski definition) is 0. The van der Waals surface area contributed by atoms with Crippen molar-refractivity contribution in [3.63, 3.8) is 0 Å². The van der Waals surface area contributed by atoms with Gasteiger partial charge in [-0.1, -0.05) is 72.3 Å². The first-order valence-electron chi connectivity index (χ1n) is 9.17. The number of benzene rings is 3. The number of cyclic esters (lactones) is 1. The second kappa shape index (κ2) is 6.80. The van der Waals surface area contributed by atoms with Gasteiger partial charge in [-0.05, 0) is 23.8 Å². The lowest BCUT2D eigenvalue weighted by molar-refractivity contribution is 0.133. The second-order valence-corrected chi connectivity index (χ2v) is 7.31. The number of rotatable bonds is 2. The smallest absolute Gasteiger partial charge is 0.415 e. The van der Waals surface area contributed by atoms with Crippen molar-refractivity contribution in [3.8, 4) is 0 Å². The predicted molar refractivity (Wildman–Crippen MR) is 110 cm³/mol. The van der Waals surface area contributed by atoms with Crippen molar-refractivity contribution in [1.29, 1.82) is 0 Å². The summed E-state index contributed by atoms with van der Waals surface area (Å²) in [6.45, 7) is 0.446. The molecule has 3 aromatic carbocycles. The molecule has 5 heteroatoms. The summed E-state index contributed by atoms with van der Waals surface area (Å²) >= 11 is 6.30. The highest BCUT2D eigenvalue weighted by molar-refractivity contribution is 6.31. The number of carbonyl (C=O) groups excluding carboxylic acids is 1. The van der Waals surface area contributed by atoms with Crippen LogP contribution in [-0.2, 0) is 4.74 Å². The van der Waals surface area contributed by atoms with E-state index >= 15 is 0 Å². The molecule has 3 aromatic rings. The van der Waals surface area contributed by atoms with E-state index in [2.05, 4.69) is 0 Å². The van der Waals surface area contributed by atoms with E-state index in [-0.39, 0.29) is 18.2 Å². The maximum absolute atomic E-state index is 12.9. The van der Waals surface area contributed by atoms with Crippen LogP contribution in [0.2, 0.25) is 5.02 Å². The lowest BCUT2D eigenvalue weighted by Gasteiger charge is -2.23. The largest absolute Gasteiger partial charge is 0.439 e. The van der Waals surface area contributed by atoms with Gasteiger partial charge in [-0.25, -0.2) is 4.79 Å². The third kappa shape index (κ3) is 2.77. The molecule has 0 saturated carbocycles. The van der Waals surface area contributed by atoms with Crippen LogP contribution in [-0.4, -0.2) is 24.4 Å². The summed E-state index contributed by atoms with van der Waals surface area (Å²) < 4.78 is 5.76. The summed E-state index contributed by atoms with van der Waals surface area (Å²) in [7, 11) is 0. The van der Waals surface area contributed by atoms with Crippen LogP contribution in [0.15, 0.2) is 83.9 Å². The Morgan fingerprint density at radius 3 is 2.43 bits per heavy atom. The van der Waals surface area contributed by atoms with Crippen LogP contribution >= 0.6 is 11.6 Å². The molecule has 2 heterocycles. The van der Waals surface area contributed by atoms with E-state index in [9.17, 15) is 4.79 Å². The third-order valence-corrected chi connectivity index (χ3v) is 5.43. The van der Waals surface area contributed by atoms with Crippen molar-refractivity contribution in [3.05, 3.63) is 101 Å². The highest BCUT2D eigenvalue weighted by atomic mass is 35.5. The van der Waals surface area contributed by atoms with Crippen molar-refractivity contribution in [2.45, 2.75) is 12.1 Å². The van der Waals surface area contributed by atoms with Crippen LogP contribution in [0.25, 0.3) is 0 Å². The molecule has 2 atom stereocenters. The molecular formula is C23H17ClN2O2. The van der Waals surface area contributed by atoms with Crippen molar-refractivity contribution < 1.29 is 9.53 Å². The number of halogens is 1. The summed E-state index contributed by atoms with van der Waals surface area (Å²) in [6.07, 6.45) is -0.719. The van der Waals surface area contributed by atoms with Crippen LogP contribution < -0.4 is 4.90 Å². The SMILES string of the molecule is O=C1O[C@@H](c2ccccc2)[C@@H]2CN=C(c3ccccc3)c3cc(Cl)ccc3N12. The minimum Gasteiger partial charge on any atom is -0.439 e. The van der Waals surface area contributed by atoms with Crippen LogP contribution in [0.3, 0.4) is 0 Å². The summed E-state index contributed by atoms with van der Waals surface area (Å²) in [5, 5.41) is 0.605. The van der Waals surface area contributed by atoms with Crippen molar-refractivity contribution in [1.82, 2.24) is 0 Å². The molecule has 1 saturated heterocycles. The Morgan fingerprint density at radius 1 is 0.964 bits per heavy atom. The summed E-state index contributed by atoms with van der Waals surface area (Å²) in [6, 6.07) is 25.1. The van der Waals surface area contributed by atoms with Gasteiger partial charge in [0, 0.05) is 16.1 Å². The summed E-state index contributed by atoms with van der Waals surface area (Å²) in [5.41, 5.74) is 4.42.